The van der Waals surface area contributed by atoms with Gasteiger partial charge < -0.3 is 15.7 Å². The number of carbonyl (C=O) groups is 1. The van der Waals surface area contributed by atoms with Crippen LogP contribution in [0.25, 0.3) is 0 Å². The van der Waals surface area contributed by atoms with E-state index >= 15 is 0 Å². The quantitative estimate of drug-likeness (QED) is 0.657. The van der Waals surface area contributed by atoms with Gasteiger partial charge in [0, 0.05) is 19.3 Å². The Balaban J connectivity index is 1.76. The fraction of sp³-hybridized carbons (Fsp3) is 0.0714. The minimum Gasteiger partial charge on any atom is -0.506 e. The summed E-state index contributed by atoms with van der Waals surface area (Å²) in [6.45, 7) is 0. The summed E-state index contributed by atoms with van der Waals surface area (Å²) in [5.74, 6) is -1.08. The second-order valence-corrected chi connectivity index (χ2v) is 6.15. The number of nitrogens with zero attached hydrogens (tertiary/aromatic N) is 3. The minimum atomic E-state index is -0.748. The number of aromatic hydroxyl groups is 1. The fourth-order valence-corrected chi connectivity index (χ4v) is 2.78. The average Bonchev–Trinajstić information content (AvgIpc) is 3.17. The number of hydrogen-bond acceptors (Lipinski definition) is 6. The van der Waals surface area contributed by atoms with Gasteiger partial charge in [-0.3, -0.25) is 9.48 Å². The molecule has 3 N–H and O–H groups in total. The molecule has 7 nitrogen and oxygen atoms in total. The molecule has 24 heavy (non-hydrogen) atoms. The number of phenolic OH excluding ortho intramolecular Hbond substituents is 1. The van der Waals surface area contributed by atoms with Crippen LogP contribution >= 0.6 is 22.9 Å². The van der Waals surface area contributed by atoms with Crippen molar-refractivity contribution < 1.29 is 14.3 Å². The van der Waals surface area contributed by atoms with Crippen LogP contribution in [0, 0.1) is 5.82 Å². The molecule has 0 radical (unpaired) electrons. The fourth-order valence-electron chi connectivity index (χ4n) is 1.86. The molecule has 0 atom stereocenters. The molecule has 0 aliphatic heterocycles. The number of aryl methyl sites for hydroxylation is 1. The highest BCUT2D eigenvalue weighted by Gasteiger charge is 2.17. The summed E-state index contributed by atoms with van der Waals surface area (Å²) in [6, 6.07) is 3.87. The maximum absolute atomic E-state index is 13.8. The van der Waals surface area contributed by atoms with Gasteiger partial charge >= 0.3 is 0 Å². The molecular weight excluding hydrogens is 357 g/mol. The van der Waals surface area contributed by atoms with Crippen LogP contribution in [0.1, 0.15) is 9.67 Å². The molecule has 0 saturated carbocycles. The van der Waals surface area contributed by atoms with Crippen LogP contribution in [-0.4, -0.2) is 25.8 Å². The van der Waals surface area contributed by atoms with Gasteiger partial charge in [0.25, 0.3) is 5.91 Å². The smallest absolute Gasteiger partial charge is 0.267 e. The SMILES string of the molecule is Cn1ccc(Nc2ncc(C(=O)Nc3c(F)ccc(O)c3Cl)s2)n1. The lowest BCUT2D eigenvalue weighted by Crippen LogP contribution is -2.12. The van der Waals surface area contributed by atoms with Crippen LogP contribution in [0.15, 0.2) is 30.6 Å². The first kappa shape index (κ1) is 16.2. The van der Waals surface area contributed by atoms with Gasteiger partial charge in [0.1, 0.15) is 21.5 Å². The third-order valence-corrected chi connectivity index (χ3v) is 4.28. The zero-order valence-electron chi connectivity index (χ0n) is 12.2. The Labute approximate surface area is 144 Å². The summed E-state index contributed by atoms with van der Waals surface area (Å²) in [6.07, 6.45) is 3.11. The highest BCUT2D eigenvalue weighted by atomic mass is 35.5. The molecule has 1 aromatic carbocycles. The van der Waals surface area contributed by atoms with E-state index in [-0.39, 0.29) is 21.3 Å². The van der Waals surface area contributed by atoms with E-state index in [2.05, 4.69) is 20.7 Å². The molecular formula is C14H11ClFN5O2S. The molecule has 2 aromatic heterocycles. The summed E-state index contributed by atoms with van der Waals surface area (Å²) in [5, 5.41) is 19.1. The van der Waals surface area contributed by atoms with Crippen LogP contribution in [-0.2, 0) is 7.05 Å². The summed E-state index contributed by atoms with van der Waals surface area (Å²) in [5.41, 5.74) is -0.283. The number of thiazole rings is 1. The van der Waals surface area contributed by atoms with Gasteiger partial charge in [-0.15, -0.1) is 0 Å². The normalized spacial score (nSPS) is 10.6. The van der Waals surface area contributed by atoms with Gasteiger partial charge in [0.05, 0.1) is 11.9 Å². The second kappa shape index (κ2) is 6.46. The third-order valence-electron chi connectivity index (χ3n) is 2.99. The van der Waals surface area contributed by atoms with Crippen LogP contribution in [0.5, 0.6) is 5.75 Å². The number of nitrogens with one attached hydrogen (secondary N) is 2. The molecule has 0 aliphatic rings. The monoisotopic (exact) mass is 367 g/mol. The Morgan fingerprint density at radius 1 is 1.42 bits per heavy atom. The molecule has 0 unspecified atom stereocenters. The topological polar surface area (TPSA) is 92.1 Å². The Kier molecular flexibility index (Phi) is 4.36. The van der Waals surface area contributed by atoms with Gasteiger partial charge in [-0.2, -0.15) is 5.10 Å². The first-order chi connectivity index (χ1) is 11.4. The van der Waals surface area contributed by atoms with E-state index in [4.69, 9.17) is 11.6 Å². The van der Waals surface area contributed by atoms with Gasteiger partial charge in [0.15, 0.2) is 10.9 Å². The maximum Gasteiger partial charge on any atom is 0.267 e. The summed E-state index contributed by atoms with van der Waals surface area (Å²) >= 11 is 6.87. The van der Waals surface area contributed by atoms with E-state index in [1.807, 2.05) is 0 Å². The van der Waals surface area contributed by atoms with Gasteiger partial charge in [-0.05, 0) is 12.1 Å². The van der Waals surface area contributed by atoms with Crippen molar-refractivity contribution in [3.05, 3.63) is 46.3 Å². The van der Waals surface area contributed by atoms with E-state index in [0.29, 0.717) is 10.9 Å². The Morgan fingerprint density at radius 2 is 2.21 bits per heavy atom. The molecule has 1 amide bonds. The largest absolute Gasteiger partial charge is 0.506 e. The Hall–Kier alpha value is -2.65. The minimum absolute atomic E-state index is 0.243. The summed E-state index contributed by atoms with van der Waals surface area (Å²) in [4.78, 5) is 16.5. The van der Waals surface area contributed by atoms with Crippen LogP contribution in [0.4, 0.5) is 21.0 Å². The number of amides is 1. The third kappa shape index (κ3) is 3.31. The molecule has 3 aromatic rings. The zero-order chi connectivity index (χ0) is 17.3. The molecule has 10 heteroatoms. The van der Waals surface area contributed by atoms with Crippen molar-refractivity contribution in [2.75, 3.05) is 10.6 Å². The van der Waals surface area contributed by atoms with Crippen molar-refractivity contribution >= 4 is 45.5 Å². The van der Waals surface area contributed by atoms with E-state index in [1.165, 1.54) is 6.20 Å². The van der Waals surface area contributed by atoms with Crippen molar-refractivity contribution in [1.82, 2.24) is 14.8 Å². The lowest BCUT2D eigenvalue weighted by molar-refractivity contribution is 0.103. The van der Waals surface area contributed by atoms with Crippen LogP contribution < -0.4 is 10.6 Å². The maximum atomic E-state index is 13.8. The predicted octanol–water partition coefficient (Wildman–Crippen LogP) is 3.37. The number of anilines is 3. The molecule has 2 heterocycles. The van der Waals surface area contributed by atoms with Crippen molar-refractivity contribution in [1.29, 1.82) is 0 Å². The summed E-state index contributed by atoms with van der Waals surface area (Å²) < 4.78 is 15.4. The Bertz CT molecular complexity index is 910. The molecule has 0 spiro atoms. The van der Waals surface area contributed by atoms with Crippen molar-refractivity contribution in [3.63, 3.8) is 0 Å². The standard InChI is InChI=1S/C14H11ClFN5O2S/c1-21-5-4-10(20-21)18-14-17-6-9(24-14)13(23)19-12-7(16)2-3-8(22)11(12)15/h2-6,22H,1H3,(H,19,23)(H,17,18,20). The molecule has 0 saturated heterocycles. The van der Waals surface area contributed by atoms with Crippen LogP contribution in [0.2, 0.25) is 5.02 Å². The highest BCUT2D eigenvalue weighted by molar-refractivity contribution is 7.17. The number of carbonyl (C=O) groups excluding carboxylic acids is 1. The number of rotatable bonds is 4. The van der Waals surface area contributed by atoms with E-state index in [1.54, 1.807) is 24.0 Å². The van der Waals surface area contributed by atoms with Crippen LogP contribution in [0.3, 0.4) is 0 Å². The first-order valence-electron chi connectivity index (χ1n) is 6.65. The number of aromatic nitrogens is 3. The van der Waals surface area contributed by atoms with Gasteiger partial charge in [0.2, 0.25) is 0 Å². The van der Waals surface area contributed by atoms with Gasteiger partial charge in [-0.1, -0.05) is 22.9 Å². The molecule has 0 aliphatic carbocycles. The number of halogens is 2. The van der Waals surface area contributed by atoms with E-state index in [0.717, 1.165) is 23.5 Å². The number of hydrogen-bond donors (Lipinski definition) is 3. The van der Waals surface area contributed by atoms with Crippen molar-refractivity contribution in [3.8, 4) is 5.75 Å². The summed E-state index contributed by atoms with van der Waals surface area (Å²) in [7, 11) is 1.78. The van der Waals surface area contributed by atoms with Crippen molar-refractivity contribution in [2.24, 2.45) is 7.05 Å². The lowest BCUT2D eigenvalue weighted by atomic mass is 10.2. The number of phenols is 1. The molecule has 3 rings (SSSR count). The molecule has 0 bridgehead atoms. The number of benzene rings is 1. The average molecular weight is 368 g/mol. The van der Waals surface area contributed by atoms with Crippen molar-refractivity contribution in [2.45, 2.75) is 0 Å². The predicted molar refractivity (Wildman–Crippen MR) is 89.6 cm³/mol. The molecule has 124 valence electrons. The van der Waals surface area contributed by atoms with E-state index < -0.39 is 11.7 Å². The Morgan fingerprint density at radius 3 is 2.92 bits per heavy atom. The van der Waals surface area contributed by atoms with E-state index in [9.17, 15) is 14.3 Å². The molecule has 0 fully saturated rings. The van der Waals surface area contributed by atoms with Gasteiger partial charge in [-0.25, -0.2) is 9.37 Å². The highest BCUT2D eigenvalue weighted by Crippen LogP contribution is 2.34. The first-order valence-corrected chi connectivity index (χ1v) is 7.84. The second-order valence-electron chi connectivity index (χ2n) is 4.74. The lowest BCUT2D eigenvalue weighted by Gasteiger charge is -2.08. The zero-order valence-corrected chi connectivity index (χ0v) is 13.8.